The van der Waals surface area contributed by atoms with Gasteiger partial charge in [0, 0.05) is 6.92 Å². The molecule has 0 spiro atoms. The fourth-order valence-corrected chi connectivity index (χ4v) is 2.67. The zero-order valence-corrected chi connectivity index (χ0v) is 11.0. The number of rotatable bonds is 4. The lowest BCUT2D eigenvalue weighted by Crippen LogP contribution is -2.06. The number of aromatic nitrogens is 1. The number of carbonyl (C=O) groups is 2. The minimum absolute atomic E-state index is 0.166. The molecule has 0 aliphatic carbocycles. The smallest absolute Gasteiger partial charge is 0.309 e. The summed E-state index contributed by atoms with van der Waals surface area (Å²) in [6, 6.07) is 9.40. The van der Waals surface area contributed by atoms with Gasteiger partial charge in [-0.1, -0.05) is 41.7 Å². The highest BCUT2D eigenvalue weighted by Crippen LogP contribution is 2.33. The highest BCUT2D eigenvalue weighted by molar-refractivity contribution is 7.19. The quantitative estimate of drug-likeness (QED) is 0.898. The number of thiazole rings is 1. The van der Waals surface area contributed by atoms with E-state index in [4.69, 9.17) is 5.11 Å². The van der Waals surface area contributed by atoms with Crippen molar-refractivity contribution in [3.8, 4) is 10.4 Å². The number of amides is 1. The van der Waals surface area contributed by atoms with Gasteiger partial charge in [-0.15, -0.1) is 0 Å². The molecule has 0 unspecified atom stereocenters. The van der Waals surface area contributed by atoms with Crippen molar-refractivity contribution in [2.75, 3.05) is 5.32 Å². The van der Waals surface area contributed by atoms with E-state index in [0.29, 0.717) is 10.8 Å². The number of nitrogens with zero attached hydrogens (tertiary/aromatic N) is 1. The largest absolute Gasteiger partial charge is 0.481 e. The third-order valence-corrected chi connectivity index (χ3v) is 3.40. The molecule has 0 radical (unpaired) electrons. The van der Waals surface area contributed by atoms with Crippen LogP contribution in [0.1, 0.15) is 12.6 Å². The van der Waals surface area contributed by atoms with E-state index in [1.807, 2.05) is 30.3 Å². The molecule has 0 bridgehead atoms. The second-order valence-electron chi connectivity index (χ2n) is 3.91. The van der Waals surface area contributed by atoms with Gasteiger partial charge in [-0.2, -0.15) is 0 Å². The van der Waals surface area contributed by atoms with Crippen LogP contribution in [0.4, 0.5) is 5.13 Å². The molecular weight excluding hydrogens is 264 g/mol. The Morgan fingerprint density at radius 1 is 1.32 bits per heavy atom. The number of anilines is 1. The zero-order valence-electron chi connectivity index (χ0n) is 10.2. The Balaban J connectivity index is 2.42. The molecule has 0 saturated carbocycles. The van der Waals surface area contributed by atoms with Crippen LogP contribution in [0.25, 0.3) is 10.4 Å². The van der Waals surface area contributed by atoms with Crippen molar-refractivity contribution < 1.29 is 14.7 Å². The number of carboxylic acids is 1. The first-order valence-corrected chi connectivity index (χ1v) is 6.42. The Morgan fingerprint density at radius 3 is 2.58 bits per heavy atom. The molecule has 6 heteroatoms. The van der Waals surface area contributed by atoms with E-state index in [2.05, 4.69) is 10.3 Å². The maximum Gasteiger partial charge on any atom is 0.309 e. The van der Waals surface area contributed by atoms with E-state index in [-0.39, 0.29) is 12.3 Å². The maximum atomic E-state index is 11.0. The van der Waals surface area contributed by atoms with E-state index < -0.39 is 5.97 Å². The summed E-state index contributed by atoms with van der Waals surface area (Å²) in [4.78, 5) is 26.8. The molecule has 1 aromatic heterocycles. The van der Waals surface area contributed by atoms with Crippen LogP contribution >= 0.6 is 11.3 Å². The van der Waals surface area contributed by atoms with Crippen molar-refractivity contribution in [3.63, 3.8) is 0 Å². The van der Waals surface area contributed by atoms with Crippen molar-refractivity contribution in [1.82, 2.24) is 4.98 Å². The molecule has 0 aliphatic heterocycles. The van der Waals surface area contributed by atoms with Gasteiger partial charge in [0.05, 0.1) is 17.0 Å². The van der Waals surface area contributed by atoms with Crippen molar-refractivity contribution in [3.05, 3.63) is 36.0 Å². The van der Waals surface area contributed by atoms with E-state index in [1.54, 1.807) is 0 Å². The van der Waals surface area contributed by atoms with Crippen LogP contribution in [0.3, 0.4) is 0 Å². The molecule has 0 fully saturated rings. The van der Waals surface area contributed by atoms with Gasteiger partial charge >= 0.3 is 5.97 Å². The van der Waals surface area contributed by atoms with Gasteiger partial charge < -0.3 is 10.4 Å². The van der Waals surface area contributed by atoms with E-state index in [9.17, 15) is 9.59 Å². The summed E-state index contributed by atoms with van der Waals surface area (Å²) in [6.07, 6.45) is -0.166. The maximum absolute atomic E-state index is 11.0. The normalized spacial score (nSPS) is 10.2. The average Bonchev–Trinajstić information content (AvgIpc) is 2.71. The van der Waals surface area contributed by atoms with Crippen LogP contribution < -0.4 is 5.32 Å². The fraction of sp³-hybridized carbons (Fsp3) is 0.154. The average molecular weight is 276 g/mol. The summed E-state index contributed by atoms with van der Waals surface area (Å²) in [5, 5.41) is 11.9. The molecule has 0 saturated heterocycles. The van der Waals surface area contributed by atoms with Crippen LogP contribution in [0.15, 0.2) is 30.3 Å². The summed E-state index contributed by atoms with van der Waals surface area (Å²) in [7, 11) is 0. The third-order valence-electron chi connectivity index (χ3n) is 2.33. The van der Waals surface area contributed by atoms with Crippen molar-refractivity contribution in [2.24, 2.45) is 0 Å². The van der Waals surface area contributed by atoms with Crippen LogP contribution in [-0.4, -0.2) is 22.0 Å². The van der Waals surface area contributed by atoms with Crippen molar-refractivity contribution >= 4 is 28.3 Å². The third kappa shape index (κ3) is 3.38. The number of carbonyl (C=O) groups excluding carboxylic acids is 1. The monoisotopic (exact) mass is 276 g/mol. The minimum Gasteiger partial charge on any atom is -0.481 e. The summed E-state index contributed by atoms with van der Waals surface area (Å²) < 4.78 is 0. The summed E-state index contributed by atoms with van der Waals surface area (Å²) in [6.45, 7) is 1.39. The molecule has 0 aliphatic rings. The lowest BCUT2D eigenvalue weighted by Gasteiger charge is -1.99. The van der Waals surface area contributed by atoms with Gasteiger partial charge in [-0.05, 0) is 5.56 Å². The molecule has 1 amide bonds. The highest BCUT2D eigenvalue weighted by atomic mass is 32.1. The molecule has 98 valence electrons. The predicted molar refractivity (Wildman–Crippen MR) is 73.2 cm³/mol. The van der Waals surface area contributed by atoms with Gasteiger partial charge in [-0.3, -0.25) is 9.59 Å². The first-order valence-electron chi connectivity index (χ1n) is 5.61. The molecule has 2 rings (SSSR count). The van der Waals surface area contributed by atoms with Gasteiger partial charge in [0.1, 0.15) is 0 Å². The Hall–Kier alpha value is -2.21. The lowest BCUT2D eigenvalue weighted by atomic mass is 10.1. The number of aliphatic carboxylic acids is 1. The molecular formula is C13H12N2O3S. The second-order valence-corrected chi connectivity index (χ2v) is 4.91. The number of nitrogens with one attached hydrogen (secondary N) is 1. The fourth-order valence-electron chi connectivity index (χ4n) is 1.63. The Labute approximate surface area is 113 Å². The Morgan fingerprint density at radius 2 is 2.00 bits per heavy atom. The topological polar surface area (TPSA) is 79.3 Å². The van der Waals surface area contributed by atoms with Crippen molar-refractivity contribution in [1.29, 1.82) is 0 Å². The molecule has 0 atom stereocenters. The van der Waals surface area contributed by atoms with Gasteiger partial charge in [-0.25, -0.2) is 4.98 Å². The zero-order chi connectivity index (χ0) is 13.8. The molecule has 2 N–H and O–H groups in total. The predicted octanol–water partition coefficient (Wildman–Crippen LogP) is 2.40. The van der Waals surface area contributed by atoms with E-state index in [1.165, 1.54) is 18.3 Å². The SMILES string of the molecule is CC(=O)Nc1nc(CC(=O)O)c(-c2ccccc2)s1. The van der Waals surface area contributed by atoms with Crippen LogP contribution in [0.5, 0.6) is 0 Å². The van der Waals surface area contributed by atoms with Crippen LogP contribution in [0.2, 0.25) is 0 Å². The first-order chi connectivity index (χ1) is 9.06. The highest BCUT2D eigenvalue weighted by Gasteiger charge is 2.16. The van der Waals surface area contributed by atoms with Gasteiger partial charge in [0.2, 0.25) is 5.91 Å². The summed E-state index contributed by atoms with van der Waals surface area (Å²) in [5.74, 6) is -1.17. The number of benzene rings is 1. The van der Waals surface area contributed by atoms with Gasteiger partial charge in [0.15, 0.2) is 5.13 Å². The van der Waals surface area contributed by atoms with Crippen molar-refractivity contribution in [2.45, 2.75) is 13.3 Å². The molecule has 19 heavy (non-hydrogen) atoms. The van der Waals surface area contributed by atoms with Crippen LogP contribution in [-0.2, 0) is 16.0 Å². The standard InChI is InChI=1S/C13H12N2O3S/c1-8(16)14-13-15-10(7-11(17)18)12(19-13)9-5-3-2-4-6-9/h2-6H,7H2,1H3,(H,17,18)(H,14,15,16). The summed E-state index contributed by atoms with van der Waals surface area (Å²) in [5.41, 5.74) is 1.36. The molecule has 1 heterocycles. The molecule has 1 aromatic carbocycles. The Kier molecular flexibility index (Phi) is 3.91. The minimum atomic E-state index is -0.947. The van der Waals surface area contributed by atoms with Gasteiger partial charge in [0.25, 0.3) is 0 Å². The number of hydrogen-bond donors (Lipinski definition) is 2. The van der Waals surface area contributed by atoms with E-state index >= 15 is 0 Å². The summed E-state index contributed by atoms with van der Waals surface area (Å²) >= 11 is 1.28. The van der Waals surface area contributed by atoms with E-state index in [0.717, 1.165) is 10.4 Å². The number of hydrogen-bond acceptors (Lipinski definition) is 4. The second kappa shape index (κ2) is 5.62. The Bertz CT molecular complexity index is 608. The molecule has 2 aromatic rings. The lowest BCUT2D eigenvalue weighted by molar-refractivity contribution is -0.136. The molecule has 5 nitrogen and oxygen atoms in total. The van der Waals surface area contributed by atoms with Crippen LogP contribution in [0, 0.1) is 0 Å². The first kappa shape index (κ1) is 13.2. The number of carboxylic acid groups (broad SMARTS) is 1.